The molecular weight excluding hydrogens is 234 g/mol. The molecule has 1 N–H and O–H groups in total. The third-order valence-corrected chi connectivity index (χ3v) is 3.82. The van der Waals surface area contributed by atoms with Crippen LogP contribution in [0.5, 0.6) is 5.75 Å². The molecule has 1 saturated heterocycles. The van der Waals surface area contributed by atoms with Gasteiger partial charge in [-0.05, 0) is 52.3 Å². The lowest BCUT2D eigenvalue weighted by Crippen LogP contribution is -2.41. The zero-order valence-corrected chi connectivity index (χ0v) is 11.4. The molecule has 0 radical (unpaired) electrons. The van der Waals surface area contributed by atoms with Crippen LogP contribution in [0.1, 0.15) is 33.3 Å². The Morgan fingerprint density at radius 2 is 1.61 bits per heavy atom. The Labute approximate surface area is 107 Å². The zero-order chi connectivity index (χ0) is 13.7. The van der Waals surface area contributed by atoms with Crippen molar-refractivity contribution in [3.63, 3.8) is 0 Å². The van der Waals surface area contributed by atoms with Crippen LogP contribution in [0.15, 0.2) is 12.1 Å². The first-order valence-corrected chi connectivity index (χ1v) is 5.99. The summed E-state index contributed by atoms with van der Waals surface area (Å²) >= 11 is 0. The van der Waals surface area contributed by atoms with Gasteiger partial charge in [-0.3, -0.25) is 0 Å². The van der Waals surface area contributed by atoms with Crippen LogP contribution in [0.3, 0.4) is 0 Å². The van der Waals surface area contributed by atoms with E-state index >= 15 is 0 Å². The summed E-state index contributed by atoms with van der Waals surface area (Å²) in [4.78, 5) is 0. The second kappa shape index (κ2) is 3.97. The van der Waals surface area contributed by atoms with Gasteiger partial charge in [0.25, 0.3) is 0 Å². The molecule has 0 spiro atoms. The Hall–Kier alpha value is -1.07. The van der Waals surface area contributed by atoms with Crippen LogP contribution in [0.2, 0.25) is 0 Å². The minimum absolute atomic E-state index is 0.00704. The number of halogens is 1. The summed E-state index contributed by atoms with van der Waals surface area (Å²) in [5, 5.41) is 9.89. The van der Waals surface area contributed by atoms with E-state index in [4.69, 9.17) is 9.31 Å². The van der Waals surface area contributed by atoms with Gasteiger partial charge >= 0.3 is 7.12 Å². The third-order valence-electron chi connectivity index (χ3n) is 3.82. The van der Waals surface area contributed by atoms with Gasteiger partial charge in [0.2, 0.25) is 0 Å². The molecule has 1 fully saturated rings. The first kappa shape index (κ1) is 13.4. The van der Waals surface area contributed by atoms with Gasteiger partial charge in [0.1, 0.15) is 11.6 Å². The topological polar surface area (TPSA) is 38.7 Å². The van der Waals surface area contributed by atoms with E-state index in [1.165, 1.54) is 12.1 Å². The minimum Gasteiger partial charge on any atom is -0.508 e. The zero-order valence-electron chi connectivity index (χ0n) is 11.4. The SMILES string of the molecule is Cc1cc(O)c(B2OC(C)(C)C(C)(C)O2)cc1F. The van der Waals surface area contributed by atoms with Gasteiger partial charge in [0.15, 0.2) is 0 Å². The summed E-state index contributed by atoms with van der Waals surface area (Å²) < 4.78 is 25.1. The van der Waals surface area contributed by atoms with Crippen LogP contribution in [-0.2, 0) is 9.31 Å². The number of aromatic hydroxyl groups is 1. The molecule has 1 aliphatic rings. The number of phenols is 1. The molecule has 1 aromatic rings. The average molecular weight is 252 g/mol. The largest absolute Gasteiger partial charge is 0.508 e. The molecule has 98 valence electrons. The van der Waals surface area contributed by atoms with E-state index in [2.05, 4.69) is 0 Å². The highest BCUT2D eigenvalue weighted by Gasteiger charge is 2.52. The molecule has 18 heavy (non-hydrogen) atoms. The maximum Gasteiger partial charge on any atom is 0.498 e. The van der Waals surface area contributed by atoms with Crippen molar-refractivity contribution in [1.29, 1.82) is 0 Å². The molecule has 0 aromatic heterocycles. The van der Waals surface area contributed by atoms with Crippen molar-refractivity contribution < 1.29 is 18.8 Å². The van der Waals surface area contributed by atoms with E-state index in [0.29, 0.717) is 11.0 Å². The van der Waals surface area contributed by atoms with E-state index in [1.54, 1.807) is 6.92 Å². The van der Waals surface area contributed by atoms with Gasteiger partial charge in [-0.2, -0.15) is 0 Å². The van der Waals surface area contributed by atoms with Crippen LogP contribution in [0, 0.1) is 12.7 Å². The van der Waals surface area contributed by atoms with E-state index in [9.17, 15) is 9.50 Å². The smallest absolute Gasteiger partial charge is 0.498 e. The molecule has 1 aliphatic heterocycles. The van der Waals surface area contributed by atoms with Crippen LogP contribution in [0.25, 0.3) is 0 Å². The predicted molar refractivity (Wildman–Crippen MR) is 68.5 cm³/mol. The highest BCUT2D eigenvalue weighted by atomic mass is 19.1. The fraction of sp³-hybridized carbons (Fsp3) is 0.538. The number of aryl methyl sites for hydroxylation is 1. The van der Waals surface area contributed by atoms with Crippen molar-refractivity contribution in [2.24, 2.45) is 0 Å². The summed E-state index contributed by atoms with van der Waals surface area (Å²) in [6.45, 7) is 9.25. The van der Waals surface area contributed by atoms with Crippen LogP contribution in [0.4, 0.5) is 4.39 Å². The number of benzene rings is 1. The molecular formula is C13H18BFO3. The predicted octanol–water partition coefficient (Wildman–Crippen LogP) is 2.14. The standard InChI is InChI=1S/C13H18BFO3/c1-8-6-11(16)9(7-10(8)15)14-17-12(2,3)13(4,5)18-14/h6-7,16H,1-5H3. The fourth-order valence-electron chi connectivity index (χ4n) is 1.84. The molecule has 1 aromatic carbocycles. The highest BCUT2D eigenvalue weighted by molar-refractivity contribution is 6.63. The molecule has 1 heterocycles. The molecule has 0 aliphatic carbocycles. The summed E-state index contributed by atoms with van der Waals surface area (Å²) in [6, 6.07) is 2.66. The van der Waals surface area contributed by atoms with Gasteiger partial charge in [0.05, 0.1) is 11.2 Å². The summed E-state index contributed by atoms with van der Waals surface area (Å²) in [6.07, 6.45) is 0. The van der Waals surface area contributed by atoms with Crippen molar-refractivity contribution in [1.82, 2.24) is 0 Å². The first-order valence-electron chi connectivity index (χ1n) is 5.99. The summed E-state index contributed by atoms with van der Waals surface area (Å²) in [5.41, 5.74) is -0.291. The summed E-state index contributed by atoms with van der Waals surface area (Å²) in [7, 11) is -0.745. The van der Waals surface area contributed by atoms with Gasteiger partial charge < -0.3 is 14.4 Å². The Balaban J connectivity index is 2.38. The maximum atomic E-state index is 13.6. The summed E-state index contributed by atoms with van der Waals surface area (Å²) in [5.74, 6) is -0.384. The second-order valence-electron chi connectivity index (χ2n) is 5.75. The van der Waals surface area contributed by atoms with Crippen molar-refractivity contribution in [2.75, 3.05) is 0 Å². The van der Waals surface area contributed by atoms with Gasteiger partial charge in [-0.15, -0.1) is 0 Å². The molecule has 0 unspecified atom stereocenters. The number of rotatable bonds is 1. The fourth-order valence-corrected chi connectivity index (χ4v) is 1.84. The van der Waals surface area contributed by atoms with Crippen molar-refractivity contribution in [2.45, 2.75) is 45.8 Å². The molecule has 3 nitrogen and oxygen atoms in total. The Kier molecular flexibility index (Phi) is 2.95. The lowest BCUT2D eigenvalue weighted by molar-refractivity contribution is 0.00578. The monoisotopic (exact) mass is 252 g/mol. The van der Waals surface area contributed by atoms with E-state index in [1.807, 2.05) is 27.7 Å². The molecule has 2 rings (SSSR count). The average Bonchev–Trinajstić information content (AvgIpc) is 2.42. The Bertz CT molecular complexity index is 469. The van der Waals surface area contributed by atoms with Crippen molar-refractivity contribution in [3.8, 4) is 5.75 Å². The van der Waals surface area contributed by atoms with Gasteiger partial charge in [0, 0.05) is 5.46 Å². The van der Waals surface area contributed by atoms with Crippen LogP contribution < -0.4 is 5.46 Å². The van der Waals surface area contributed by atoms with E-state index in [-0.39, 0.29) is 11.6 Å². The highest BCUT2D eigenvalue weighted by Crippen LogP contribution is 2.37. The van der Waals surface area contributed by atoms with Gasteiger partial charge in [-0.25, -0.2) is 4.39 Å². The molecule has 0 bridgehead atoms. The van der Waals surface area contributed by atoms with Crippen LogP contribution >= 0.6 is 0 Å². The lowest BCUT2D eigenvalue weighted by atomic mass is 9.78. The Morgan fingerprint density at radius 1 is 1.11 bits per heavy atom. The molecule has 5 heteroatoms. The quantitative estimate of drug-likeness (QED) is 0.778. The maximum absolute atomic E-state index is 13.6. The van der Waals surface area contributed by atoms with Crippen molar-refractivity contribution >= 4 is 12.6 Å². The van der Waals surface area contributed by atoms with Crippen molar-refractivity contribution in [3.05, 3.63) is 23.5 Å². The van der Waals surface area contributed by atoms with E-state index in [0.717, 1.165) is 0 Å². The second-order valence-corrected chi connectivity index (χ2v) is 5.75. The van der Waals surface area contributed by atoms with Gasteiger partial charge in [-0.1, -0.05) is 0 Å². The molecule has 0 amide bonds. The normalized spacial score (nSPS) is 21.3. The number of phenolic OH excluding ortho intramolecular Hbond substituents is 1. The number of hydrogen-bond donors (Lipinski definition) is 1. The Morgan fingerprint density at radius 3 is 2.11 bits per heavy atom. The molecule has 0 atom stereocenters. The first-order chi connectivity index (χ1) is 8.14. The lowest BCUT2D eigenvalue weighted by Gasteiger charge is -2.32. The minimum atomic E-state index is -0.745. The van der Waals surface area contributed by atoms with Crippen LogP contribution in [-0.4, -0.2) is 23.4 Å². The third kappa shape index (κ3) is 2.02. The van der Waals surface area contributed by atoms with E-state index < -0.39 is 18.3 Å². The molecule has 0 saturated carbocycles. The number of hydrogen-bond acceptors (Lipinski definition) is 3.